The zero-order valence-electron chi connectivity index (χ0n) is 21.1. The van der Waals surface area contributed by atoms with Gasteiger partial charge in [0, 0.05) is 44.5 Å². The molecule has 4 rings (SSSR count). The van der Waals surface area contributed by atoms with E-state index in [9.17, 15) is 13.9 Å². The molecule has 1 saturated carbocycles. The van der Waals surface area contributed by atoms with Gasteiger partial charge in [0.25, 0.3) is 0 Å². The van der Waals surface area contributed by atoms with Crippen molar-refractivity contribution in [3.63, 3.8) is 0 Å². The first kappa shape index (κ1) is 26.5. The second kappa shape index (κ2) is 13.1. The number of pyridine rings is 1. The Labute approximate surface area is 212 Å². The van der Waals surface area contributed by atoms with Gasteiger partial charge in [0.2, 0.25) is 5.95 Å². The number of piperidine rings is 1. The molecule has 2 aromatic heterocycles. The van der Waals surface area contributed by atoms with Gasteiger partial charge < -0.3 is 26.0 Å². The molecule has 8 nitrogen and oxygen atoms in total. The second-order valence-electron chi connectivity index (χ2n) is 9.87. The predicted molar refractivity (Wildman–Crippen MR) is 140 cm³/mol. The minimum Gasteiger partial charge on any atom is -0.393 e. The van der Waals surface area contributed by atoms with Gasteiger partial charge in [-0.25, -0.2) is 13.8 Å². The fourth-order valence-electron chi connectivity index (χ4n) is 4.82. The first-order valence-electron chi connectivity index (χ1n) is 13.2. The summed E-state index contributed by atoms with van der Waals surface area (Å²) in [5, 5.41) is 19.9. The molecule has 10 heteroatoms. The van der Waals surface area contributed by atoms with Gasteiger partial charge in [-0.3, -0.25) is 4.98 Å². The Kier molecular flexibility index (Phi) is 9.63. The molecule has 0 spiro atoms. The Balaban J connectivity index is 1.45. The van der Waals surface area contributed by atoms with E-state index in [-0.39, 0.29) is 25.4 Å². The number of hydrogen-bond donors (Lipinski definition) is 4. The van der Waals surface area contributed by atoms with E-state index >= 15 is 0 Å². The highest BCUT2D eigenvalue weighted by molar-refractivity contribution is 5.73. The van der Waals surface area contributed by atoms with Gasteiger partial charge >= 0.3 is 0 Å². The molecule has 198 valence electrons. The molecular weight excluding hydrogens is 464 g/mol. The molecule has 2 aromatic rings. The van der Waals surface area contributed by atoms with Crippen LogP contribution in [0.15, 0.2) is 24.5 Å². The van der Waals surface area contributed by atoms with Gasteiger partial charge in [0.05, 0.1) is 29.2 Å². The lowest BCUT2D eigenvalue weighted by atomic mass is 9.93. The van der Waals surface area contributed by atoms with E-state index in [1.54, 1.807) is 13.1 Å². The summed E-state index contributed by atoms with van der Waals surface area (Å²) in [5.74, 6) is 1.04. The molecule has 0 amide bonds. The number of aliphatic hydroxyl groups excluding tert-OH is 1. The van der Waals surface area contributed by atoms with Crippen molar-refractivity contribution < 1.29 is 13.9 Å². The van der Waals surface area contributed by atoms with Crippen LogP contribution in [0.3, 0.4) is 0 Å². The first-order chi connectivity index (χ1) is 17.5. The van der Waals surface area contributed by atoms with Crippen LogP contribution < -0.4 is 16.0 Å². The van der Waals surface area contributed by atoms with Crippen LogP contribution in [-0.4, -0.2) is 82.2 Å². The van der Waals surface area contributed by atoms with Crippen LogP contribution in [0.4, 0.5) is 26.2 Å². The standard InChI is InChI=1S/C26H39F2N7O/c1-2-18(28)15-30-26-31-17-23(25(34-26)33-19-3-6-22(36)7-4-19)24-8-5-21(16-29-24)32-20-9-12-35(13-10-20)14-11-27/h5,8,16-20,22,32,36H,2-4,6-7,9-15H2,1H3,(H2,30,31,33,34)/t18-,19-,22-/m0/s1. The maximum atomic E-state index is 13.7. The summed E-state index contributed by atoms with van der Waals surface area (Å²) in [5.41, 5.74) is 2.48. The van der Waals surface area contributed by atoms with Crippen LogP contribution in [0.2, 0.25) is 0 Å². The smallest absolute Gasteiger partial charge is 0.224 e. The summed E-state index contributed by atoms with van der Waals surface area (Å²) < 4.78 is 26.3. The number of anilines is 3. The fraction of sp³-hybridized carbons (Fsp3) is 0.654. The van der Waals surface area contributed by atoms with Gasteiger partial charge in [-0.1, -0.05) is 6.92 Å². The number of hydrogen-bond acceptors (Lipinski definition) is 8. The number of alkyl halides is 2. The average Bonchev–Trinajstić information content (AvgIpc) is 2.90. The van der Waals surface area contributed by atoms with Crippen molar-refractivity contribution in [3.05, 3.63) is 24.5 Å². The van der Waals surface area contributed by atoms with Crippen molar-refractivity contribution in [2.45, 2.75) is 76.2 Å². The van der Waals surface area contributed by atoms with E-state index in [2.05, 4.69) is 35.8 Å². The lowest BCUT2D eigenvalue weighted by Gasteiger charge is -2.32. The zero-order chi connectivity index (χ0) is 25.3. The lowest BCUT2D eigenvalue weighted by molar-refractivity contribution is 0.126. The highest BCUT2D eigenvalue weighted by Gasteiger charge is 2.22. The molecule has 0 unspecified atom stereocenters. The third kappa shape index (κ3) is 7.46. The quantitative estimate of drug-likeness (QED) is 0.361. The van der Waals surface area contributed by atoms with Crippen molar-refractivity contribution in [2.24, 2.45) is 0 Å². The number of nitrogens with zero attached hydrogens (tertiary/aromatic N) is 4. The zero-order valence-corrected chi connectivity index (χ0v) is 21.1. The summed E-state index contributed by atoms with van der Waals surface area (Å²) >= 11 is 0. The normalized spacial score (nSPS) is 22.2. The maximum Gasteiger partial charge on any atom is 0.224 e. The van der Waals surface area contributed by atoms with Crippen molar-refractivity contribution in [3.8, 4) is 11.3 Å². The van der Waals surface area contributed by atoms with Gasteiger partial charge in [-0.05, 0) is 57.1 Å². The Hall–Kier alpha value is -2.59. The molecule has 1 aliphatic heterocycles. The molecule has 0 radical (unpaired) electrons. The van der Waals surface area contributed by atoms with Crippen LogP contribution in [0.1, 0.15) is 51.9 Å². The molecule has 1 aliphatic carbocycles. The number of nitrogens with one attached hydrogen (secondary N) is 3. The predicted octanol–water partition coefficient (Wildman–Crippen LogP) is 4.26. The molecule has 2 fully saturated rings. The molecular formula is C26H39F2N7O. The number of aliphatic hydroxyl groups is 1. The summed E-state index contributed by atoms with van der Waals surface area (Å²) in [6.07, 6.45) is 7.98. The molecule has 3 heterocycles. The van der Waals surface area contributed by atoms with Gasteiger partial charge in [0.15, 0.2) is 0 Å². The number of likely N-dealkylation sites (tertiary alicyclic amines) is 1. The van der Waals surface area contributed by atoms with E-state index in [1.807, 2.05) is 18.3 Å². The molecule has 0 aromatic carbocycles. The van der Waals surface area contributed by atoms with E-state index in [1.165, 1.54) is 0 Å². The Bertz CT molecular complexity index is 932. The van der Waals surface area contributed by atoms with Crippen molar-refractivity contribution in [1.29, 1.82) is 0 Å². The monoisotopic (exact) mass is 503 g/mol. The third-order valence-electron chi connectivity index (χ3n) is 7.15. The average molecular weight is 504 g/mol. The molecule has 0 bridgehead atoms. The Morgan fingerprint density at radius 3 is 2.44 bits per heavy atom. The SMILES string of the molecule is CC[C@H](F)CNc1ncc(-c2ccc(NC3CCN(CCF)CC3)cn2)c(N[C@H]2CC[C@H](O)CC2)n1. The van der Waals surface area contributed by atoms with E-state index in [0.717, 1.165) is 68.6 Å². The topological polar surface area (TPSA) is 98.2 Å². The Morgan fingerprint density at radius 2 is 1.78 bits per heavy atom. The molecule has 1 atom stereocenters. The van der Waals surface area contributed by atoms with Gasteiger partial charge in [0.1, 0.15) is 18.7 Å². The van der Waals surface area contributed by atoms with Crippen LogP contribution in [0.25, 0.3) is 11.3 Å². The Morgan fingerprint density at radius 1 is 1.03 bits per heavy atom. The van der Waals surface area contributed by atoms with Crippen molar-refractivity contribution in [2.75, 3.05) is 48.8 Å². The molecule has 2 aliphatic rings. The highest BCUT2D eigenvalue weighted by atomic mass is 19.1. The van der Waals surface area contributed by atoms with Crippen molar-refractivity contribution in [1.82, 2.24) is 19.9 Å². The fourth-order valence-corrected chi connectivity index (χ4v) is 4.82. The number of rotatable bonds is 11. The minimum absolute atomic E-state index is 0.163. The minimum atomic E-state index is -0.956. The third-order valence-corrected chi connectivity index (χ3v) is 7.15. The molecule has 36 heavy (non-hydrogen) atoms. The molecule has 1 saturated heterocycles. The summed E-state index contributed by atoms with van der Waals surface area (Å²) in [7, 11) is 0. The van der Waals surface area contributed by atoms with Crippen LogP contribution in [0.5, 0.6) is 0 Å². The van der Waals surface area contributed by atoms with E-state index in [4.69, 9.17) is 0 Å². The number of halogens is 2. The summed E-state index contributed by atoms with van der Waals surface area (Å²) in [4.78, 5) is 15.9. The lowest BCUT2D eigenvalue weighted by Crippen LogP contribution is -2.40. The van der Waals surface area contributed by atoms with Crippen LogP contribution >= 0.6 is 0 Å². The largest absolute Gasteiger partial charge is 0.393 e. The van der Waals surface area contributed by atoms with Gasteiger partial charge in [-0.15, -0.1) is 0 Å². The second-order valence-corrected chi connectivity index (χ2v) is 9.87. The van der Waals surface area contributed by atoms with Crippen LogP contribution in [-0.2, 0) is 0 Å². The van der Waals surface area contributed by atoms with Crippen LogP contribution in [0, 0.1) is 0 Å². The summed E-state index contributed by atoms with van der Waals surface area (Å²) in [6.45, 7) is 4.00. The maximum absolute atomic E-state index is 13.7. The van der Waals surface area contributed by atoms with Gasteiger partial charge in [-0.2, -0.15) is 4.98 Å². The first-order valence-corrected chi connectivity index (χ1v) is 13.2. The van der Waals surface area contributed by atoms with E-state index in [0.29, 0.717) is 30.8 Å². The van der Waals surface area contributed by atoms with Crippen molar-refractivity contribution >= 4 is 17.5 Å². The molecule has 4 N–H and O–H groups in total. The number of aromatic nitrogens is 3. The highest BCUT2D eigenvalue weighted by Crippen LogP contribution is 2.29. The van der Waals surface area contributed by atoms with E-state index < -0.39 is 6.17 Å². The summed E-state index contributed by atoms with van der Waals surface area (Å²) in [6, 6.07) is 4.52.